The number of carbonyl (C=O) groups excluding carboxylic acids is 1. The maximum absolute atomic E-state index is 12.3. The van der Waals surface area contributed by atoms with Crippen LogP contribution in [0.15, 0.2) is 67.0 Å². The van der Waals surface area contributed by atoms with Crippen LogP contribution in [0.25, 0.3) is 0 Å². The average molecular weight is 373 g/mol. The number of carbonyl (C=O) groups is 1. The predicted octanol–water partition coefficient (Wildman–Crippen LogP) is 3.36. The highest BCUT2D eigenvalue weighted by atomic mass is 16.1. The van der Waals surface area contributed by atoms with E-state index < -0.39 is 0 Å². The van der Waals surface area contributed by atoms with E-state index in [-0.39, 0.29) is 5.91 Å². The van der Waals surface area contributed by atoms with Gasteiger partial charge in [-0.15, -0.1) is 0 Å². The fourth-order valence-electron chi connectivity index (χ4n) is 3.34. The van der Waals surface area contributed by atoms with Gasteiger partial charge in [0.2, 0.25) is 0 Å². The number of aromatic nitrogens is 2. The molecule has 6 nitrogen and oxygen atoms in total. The van der Waals surface area contributed by atoms with Crippen LogP contribution in [0.1, 0.15) is 16.1 Å². The van der Waals surface area contributed by atoms with E-state index in [1.165, 1.54) is 11.3 Å². The predicted molar refractivity (Wildman–Crippen MR) is 112 cm³/mol. The van der Waals surface area contributed by atoms with Crippen LogP contribution in [0.3, 0.4) is 0 Å². The second-order valence-corrected chi connectivity index (χ2v) is 6.89. The van der Waals surface area contributed by atoms with Crippen LogP contribution in [0, 0.1) is 6.92 Å². The Labute approximate surface area is 164 Å². The van der Waals surface area contributed by atoms with Crippen LogP contribution in [-0.2, 0) is 0 Å². The number of rotatable bonds is 4. The lowest BCUT2D eigenvalue weighted by molar-refractivity contribution is 0.102. The molecule has 0 unspecified atom stereocenters. The molecule has 0 aliphatic carbocycles. The number of nitrogens with zero attached hydrogens (tertiary/aromatic N) is 4. The van der Waals surface area contributed by atoms with E-state index in [0.29, 0.717) is 5.69 Å². The SMILES string of the molecule is Cc1cccc(N2CCN(c3cnc(C(=O)Nc4ccccc4)cn3)CC2)c1. The molecule has 1 aromatic heterocycles. The number of nitrogens with one attached hydrogen (secondary N) is 1. The van der Waals surface area contributed by atoms with Gasteiger partial charge in [-0.05, 0) is 36.8 Å². The minimum Gasteiger partial charge on any atom is -0.368 e. The lowest BCUT2D eigenvalue weighted by atomic mass is 10.2. The zero-order valence-corrected chi connectivity index (χ0v) is 15.9. The van der Waals surface area contributed by atoms with Gasteiger partial charge in [-0.1, -0.05) is 30.3 Å². The van der Waals surface area contributed by atoms with Crippen molar-refractivity contribution < 1.29 is 4.79 Å². The van der Waals surface area contributed by atoms with Crippen molar-refractivity contribution in [3.8, 4) is 0 Å². The van der Waals surface area contributed by atoms with E-state index in [9.17, 15) is 4.79 Å². The summed E-state index contributed by atoms with van der Waals surface area (Å²) in [6.45, 7) is 5.73. The summed E-state index contributed by atoms with van der Waals surface area (Å²) in [6, 6.07) is 17.9. The summed E-state index contributed by atoms with van der Waals surface area (Å²) in [5, 5.41) is 2.82. The first-order chi connectivity index (χ1) is 13.7. The molecular weight excluding hydrogens is 350 g/mol. The summed E-state index contributed by atoms with van der Waals surface area (Å²) >= 11 is 0. The molecule has 4 rings (SSSR count). The lowest BCUT2D eigenvalue weighted by Crippen LogP contribution is -2.46. The van der Waals surface area contributed by atoms with Crippen molar-refractivity contribution in [3.05, 3.63) is 78.2 Å². The van der Waals surface area contributed by atoms with E-state index in [1.54, 1.807) is 12.4 Å². The van der Waals surface area contributed by atoms with Gasteiger partial charge in [0, 0.05) is 37.6 Å². The molecule has 1 N–H and O–H groups in total. The monoisotopic (exact) mass is 373 g/mol. The number of amides is 1. The van der Waals surface area contributed by atoms with Crippen LogP contribution in [0.4, 0.5) is 17.2 Å². The zero-order chi connectivity index (χ0) is 19.3. The molecule has 1 aliphatic heterocycles. The van der Waals surface area contributed by atoms with Crippen molar-refractivity contribution in [1.29, 1.82) is 0 Å². The maximum atomic E-state index is 12.3. The molecule has 6 heteroatoms. The highest BCUT2D eigenvalue weighted by Gasteiger charge is 2.19. The summed E-state index contributed by atoms with van der Waals surface area (Å²) < 4.78 is 0. The van der Waals surface area contributed by atoms with E-state index in [1.807, 2.05) is 30.3 Å². The van der Waals surface area contributed by atoms with Crippen LogP contribution < -0.4 is 15.1 Å². The van der Waals surface area contributed by atoms with E-state index in [4.69, 9.17) is 0 Å². The third-order valence-electron chi connectivity index (χ3n) is 4.87. The Kier molecular flexibility index (Phi) is 5.19. The standard InChI is InChI=1S/C22H23N5O/c1-17-6-5-9-19(14-17)26-10-12-27(13-11-26)21-16-23-20(15-24-21)22(28)25-18-7-3-2-4-8-18/h2-9,14-16H,10-13H2,1H3,(H,25,28). The number of hydrogen-bond donors (Lipinski definition) is 1. The van der Waals surface area contributed by atoms with Crippen molar-refractivity contribution in [2.75, 3.05) is 41.3 Å². The van der Waals surface area contributed by atoms with Gasteiger partial charge in [-0.3, -0.25) is 4.79 Å². The molecule has 0 saturated carbocycles. The second-order valence-electron chi connectivity index (χ2n) is 6.89. The van der Waals surface area contributed by atoms with Crippen LogP contribution >= 0.6 is 0 Å². The largest absolute Gasteiger partial charge is 0.368 e. The second kappa shape index (κ2) is 8.08. The minimum atomic E-state index is -0.255. The Balaban J connectivity index is 1.36. The molecule has 0 atom stereocenters. The number of para-hydroxylation sites is 1. The normalized spacial score (nSPS) is 14.0. The van der Waals surface area contributed by atoms with Crippen molar-refractivity contribution in [2.24, 2.45) is 0 Å². The van der Waals surface area contributed by atoms with Crippen molar-refractivity contribution >= 4 is 23.1 Å². The average Bonchev–Trinajstić information content (AvgIpc) is 2.75. The molecule has 0 radical (unpaired) electrons. The number of hydrogen-bond acceptors (Lipinski definition) is 5. The summed E-state index contributed by atoms with van der Waals surface area (Å²) in [7, 11) is 0. The maximum Gasteiger partial charge on any atom is 0.275 e. The molecule has 2 heterocycles. The quantitative estimate of drug-likeness (QED) is 0.760. The van der Waals surface area contributed by atoms with Gasteiger partial charge in [0.25, 0.3) is 5.91 Å². The van der Waals surface area contributed by atoms with Crippen LogP contribution in [-0.4, -0.2) is 42.1 Å². The zero-order valence-electron chi connectivity index (χ0n) is 15.9. The number of benzene rings is 2. The Morgan fingerprint density at radius 1 is 0.893 bits per heavy atom. The molecule has 142 valence electrons. The number of piperazine rings is 1. The minimum absolute atomic E-state index is 0.255. The van der Waals surface area contributed by atoms with Gasteiger partial charge >= 0.3 is 0 Å². The van der Waals surface area contributed by atoms with Gasteiger partial charge in [0.15, 0.2) is 0 Å². The highest BCUT2D eigenvalue weighted by molar-refractivity contribution is 6.02. The first-order valence-electron chi connectivity index (χ1n) is 9.44. The first kappa shape index (κ1) is 18.0. The molecule has 1 amide bonds. The highest BCUT2D eigenvalue weighted by Crippen LogP contribution is 2.20. The topological polar surface area (TPSA) is 61.4 Å². The molecule has 1 fully saturated rings. The first-order valence-corrected chi connectivity index (χ1v) is 9.44. The van der Waals surface area contributed by atoms with Gasteiger partial charge < -0.3 is 15.1 Å². The van der Waals surface area contributed by atoms with Crippen molar-refractivity contribution in [1.82, 2.24) is 9.97 Å². The molecule has 1 aliphatic rings. The molecule has 0 bridgehead atoms. The third kappa shape index (κ3) is 4.11. The van der Waals surface area contributed by atoms with E-state index in [0.717, 1.165) is 37.7 Å². The van der Waals surface area contributed by atoms with Crippen LogP contribution in [0.2, 0.25) is 0 Å². The van der Waals surface area contributed by atoms with Gasteiger partial charge in [0.05, 0.1) is 12.4 Å². The van der Waals surface area contributed by atoms with Crippen molar-refractivity contribution in [3.63, 3.8) is 0 Å². The van der Waals surface area contributed by atoms with Gasteiger partial charge in [-0.25, -0.2) is 9.97 Å². The van der Waals surface area contributed by atoms with Gasteiger partial charge in [-0.2, -0.15) is 0 Å². The lowest BCUT2D eigenvalue weighted by Gasteiger charge is -2.36. The molecule has 0 spiro atoms. The summed E-state index contributed by atoms with van der Waals surface area (Å²) in [4.78, 5) is 25.7. The number of aryl methyl sites for hydroxylation is 1. The molecular formula is C22H23N5O. The number of anilines is 3. The summed E-state index contributed by atoms with van der Waals surface area (Å²) in [5.41, 5.74) is 3.59. The Morgan fingerprint density at radius 2 is 1.64 bits per heavy atom. The fourth-order valence-corrected chi connectivity index (χ4v) is 3.34. The Bertz CT molecular complexity index is 935. The summed E-state index contributed by atoms with van der Waals surface area (Å²) in [6.07, 6.45) is 3.22. The fraction of sp³-hybridized carbons (Fsp3) is 0.227. The van der Waals surface area contributed by atoms with E-state index in [2.05, 4.69) is 56.3 Å². The summed E-state index contributed by atoms with van der Waals surface area (Å²) in [5.74, 6) is 0.551. The van der Waals surface area contributed by atoms with Crippen molar-refractivity contribution in [2.45, 2.75) is 6.92 Å². The van der Waals surface area contributed by atoms with Gasteiger partial charge in [0.1, 0.15) is 11.5 Å². The third-order valence-corrected chi connectivity index (χ3v) is 4.87. The van der Waals surface area contributed by atoms with E-state index >= 15 is 0 Å². The smallest absolute Gasteiger partial charge is 0.275 e. The molecule has 3 aromatic rings. The molecule has 2 aromatic carbocycles. The Hall–Kier alpha value is -3.41. The van der Waals surface area contributed by atoms with Crippen LogP contribution in [0.5, 0.6) is 0 Å². The molecule has 28 heavy (non-hydrogen) atoms. The molecule has 1 saturated heterocycles. The Morgan fingerprint density at radius 3 is 2.32 bits per heavy atom.